The predicted molar refractivity (Wildman–Crippen MR) is 85.9 cm³/mol. The summed E-state index contributed by atoms with van der Waals surface area (Å²) >= 11 is 5.34. The molecular weight excluding hydrogens is 309 g/mol. The Labute approximate surface area is 131 Å². The van der Waals surface area contributed by atoms with E-state index in [9.17, 15) is 4.79 Å². The molecule has 1 unspecified atom stereocenters. The van der Waals surface area contributed by atoms with E-state index in [0.717, 1.165) is 0 Å². The molecule has 0 aliphatic carbocycles. The molecule has 7 heteroatoms. The molecule has 0 saturated heterocycles. The van der Waals surface area contributed by atoms with Crippen LogP contribution in [0, 0.1) is 0 Å². The summed E-state index contributed by atoms with van der Waals surface area (Å²) in [4.78, 5) is 18.9. The highest BCUT2D eigenvalue weighted by Gasteiger charge is 2.31. The lowest BCUT2D eigenvalue weighted by molar-refractivity contribution is -0.0705. The summed E-state index contributed by atoms with van der Waals surface area (Å²) in [7, 11) is 0.111. The highest BCUT2D eigenvalue weighted by atomic mass is 32.4. The summed E-state index contributed by atoms with van der Waals surface area (Å²) in [5.41, 5.74) is 0.364. The first-order valence-corrected chi connectivity index (χ1v) is 8.87. The van der Waals surface area contributed by atoms with E-state index in [4.69, 9.17) is 25.9 Å². The molecule has 0 aliphatic rings. The molecule has 0 fully saturated rings. The standard InChI is InChI=1S/C14H21NO4PS/c1-10(2)15(17-5)20(21)19-13-9-7-6-8-12(13)14(16)18-11(3)4/h6-11H,1-5H3/q+1. The van der Waals surface area contributed by atoms with Crippen LogP contribution in [0.3, 0.4) is 0 Å². The highest BCUT2D eigenvalue weighted by Crippen LogP contribution is 2.35. The zero-order chi connectivity index (χ0) is 16.0. The van der Waals surface area contributed by atoms with Crippen LogP contribution in [0.4, 0.5) is 0 Å². The number of nitrogens with zero attached hydrogens (tertiary/aromatic N) is 1. The Kier molecular flexibility index (Phi) is 7.18. The molecule has 116 valence electrons. The van der Waals surface area contributed by atoms with Crippen LogP contribution < -0.4 is 4.52 Å². The molecule has 1 aromatic carbocycles. The second kappa shape index (κ2) is 8.39. The molecule has 21 heavy (non-hydrogen) atoms. The largest absolute Gasteiger partial charge is 0.519 e. The van der Waals surface area contributed by atoms with Crippen LogP contribution in [0.1, 0.15) is 38.1 Å². The lowest BCUT2D eigenvalue weighted by Crippen LogP contribution is -2.23. The number of rotatable bonds is 7. The van der Waals surface area contributed by atoms with Gasteiger partial charge in [0.25, 0.3) is 0 Å². The van der Waals surface area contributed by atoms with Crippen molar-refractivity contribution in [2.45, 2.75) is 39.8 Å². The molecule has 0 spiro atoms. The zero-order valence-electron chi connectivity index (χ0n) is 12.9. The maximum absolute atomic E-state index is 12.1. The van der Waals surface area contributed by atoms with Gasteiger partial charge >= 0.3 is 13.0 Å². The number of para-hydroxylation sites is 1. The van der Waals surface area contributed by atoms with Crippen molar-refractivity contribution in [3.05, 3.63) is 29.8 Å². The third kappa shape index (κ3) is 5.32. The van der Waals surface area contributed by atoms with Gasteiger partial charge in [0.2, 0.25) is 17.6 Å². The second-order valence-corrected chi connectivity index (χ2v) is 6.85. The first-order valence-electron chi connectivity index (χ1n) is 6.65. The van der Waals surface area contributed by atoms with E-state index in [1.807, 2.05) is 13.8 Å². The van der Waals surface area contributed by atoms with Crippen molar-refractivity contribution < 1.29 is 18.9 Å². The Morgan fingerprint density at radius 3 is 2.38 bits per heavy atom. The van der Waals surface area contributed by atoms with Gasteiger partial charge in [-0.05, 0) is 39.8 Å². The number of hydrogen-bond acceptors (Lipinski definition) is 5. The maximum atomic E-state index is 12.1. The number of hydrogen-bond donors (Lipinski definition) is 0. The van der Waals surface area contributed by atoms with Crippen molar-refractivity contribution in [1.82, 2.24) is 4.83 Å². The number of carbonyl (C=O) groups is 1. The minimum absolute atomic E-state index is 0.0772. The fourth-order valence-corrected chi connectivity index (χ4v) is 3.51. The van der Waals surface area contributed by atoms with Gasteiger partial charge in [0.15, 0.2) is 0 Å². The van der Waals surface area contributed by atoms with E-state index >= 15 is 0 Å². The molecule has 0 bridgehead atoms. The van der Waals surface area contributed by atoms with E-state index in [-0.39, 0.29) is 12.1 Å². The number of hydroxylamine groups is 1. The smallest absolute Gasteiger partial charge is 0.459 e. The number of carbonyl (C=O) groups excluding carboxylic acids is 1. The minimum Gasteiger partial charge on any atom is -0.459 e. The fourth-order valence-electron chi connectivity index (χ4n) is 1.58. The van der Waals surface area contributed by atoms with E-state index in [2.05, 4.69) is 0 Å². The third-order valence-electron chi connectivity index (χ3n) is 2.42. The van der Waals surface area contributed by atoms with Crippen molar-refractivity contribution >= 4 is 24.9 Å². The van der Waals surface area contributed by atoms with Crippen LogP contribution in [0.25, 0.3) is 0 Å². The molecule has 1 rings (SSSR count). The Morgan fingerprint density at radius 1 is 1.24 bits per heavy atom. The molecule has 0 N–H and O–H groups in total. The van der Waals surface area contributed by atoms with Crippen molar-refractivity contribution in [3.63, 3.8) is 0 Å². The first-order chi connectivity index (χ1) is 9.86. The van der Waals surface area contributed by atoms with Crippen LogP contribution in [0.15, 0.2) is 24.3 Å². The van der Waals surface area contributed by atoms with Gasteiger partial charge < -0.3 is 4.74 Å². The summed E-state index contributed by atoms with van der Waals surface area (Å²) in [5.74, 6) is -0.0144. The molecule has 0 aliphatic heterocycles. The third-order valence-corrected chi connectivity index (χ3v) is 4.42. The van der Waals surface area contributed by atoms with Crippen molar-refractivity contribution in [1.29, 1.82) is 0 Å². The maximum Gasteiger partial charge on any atom is 0.519 e. The van der Waals surface area contributed by atoms with Crippen LogP contribution in [0.2, 0.25) is 0 Å². The molecule has 1 atom stereocenters. The van der Waals surface area contributed by atoms with Gasteiger partial charge in [-0.1, -0.05) is 12.1 Å². The van der Waals surface area contributed by atoms with E-state index in [0.29, 0.717) is 11.3 Å². The molecular formula is C14H21NO4PS+. The fraction of sp³-hybridized carbons (Fsp3) is 0.500. The van der Waals surface area contributed by atoms with Crippen molar-refractivity contribution in [2.75, 3.05) is 7.11 Å². The van der Waals surface area contributed by atoms with E-state index in [1.54, 1.807) is 50.1 Å². The Hall–Kier alpha value is -1.07. The molecule has 0 amide bonds. The molecule has 0 heterocycles. The molecule has 1 aromatic rings. The lowest BCUT2D eigenvalue weighted by Gasteiger charge is -2.13. The monoisotopic (exact) mass is 330 g/mol. The Balaban J connectivity index is 2.94. The summed E-state index contributed by atoms with van der Waals surface area (Å²) in [6.45, 7) is 7.50. The quantitative estimate of drug-likeness (QED) is 0.432. The normalized spacial score (nSPS) is 11.9. The minimum atomic E-state index is -1.43. The molecule has 0 aromatic heterocycles. The van der Waals surface area contributed by atoms with Gasteiger partial charge in [0, 0.05) is 4.83 Å². The van der Waals surface area contributed by atoms with Crippen LogP contribution in [0.5, 0.6) is 5.75 Å². The van der Waals surface area contributed by atoms with Gasteiger partial charge in [0.1, 0.15) is 5.56 Å². The van der Waals surface area contributed by atoms with E-state index < -0.39 is 13.0 Å². The number of ether oxygens (including phenoxy) is 1. The topological polar surface area (TPSA) is 48.0 Å². The van der Waals surface area contributed by atoms with Crippen molar-refractivity contribution in [3.8, 4) is 5.75 Å². The van der Waals surface area contributed by atoms with Gasteiger partial charge in [-0.25, -0.2) is 4.79 Å². The van der Waals surface area contributed by atoms with E-state index in [1.165, 1.54) is 0 Å². The molecule has 0 saturated carbocycles. The number of esters is 1. The zero-order valence-corrected chi connectivity index (χ0v) is 14.6. The summed E-state index contributed by atoms with van der Waals surface area (Å²) in [6.07, 6.45) is -0.193. The average molecular weight is 330 g/mol. The Morgan fingerprint density at radius 2 is 1.86 bits per heavy atom. The molecule has 5 nitrogen and oxygen atoms in total. The summed E-state index contributed by atoms with van der Waals surface area (Å²) < 4.78 is 10.9. The summed E-state index contributed by atoms with van der Waals surface area (Å²) in [6, 6.07) is 6.98. The van der Waals surface area contributed by atoms with Crippen LogP contribution >= 0.6 is 7.07 Å². The van der Waals surface area contributed by atoms with Crippen LogP contribution in [-0.4, -0.2) is 30.1 Å². The van der Waals surface area contributed by atoms with Crippen LogP contribution in [-0.2, 0) is 21.4 Å². The lowest BCUT2D eigenvalue weighted by atomic mass is 10.2. The predicted octanol–water partition coefficient (Wildman–Crippen LogP) is 3.68. The average Bonchev–Trinajstić information content (AvgIpc) is 2.38. The Bertz CT molecular complexity index is 508. The van der Waals surface area contributed by atoms with Crippen molar-refractivity contribution in [2.24, 2.45) is 0 Å². The highest BCUT2D eigenvalue weighted by molar-refractivity contribution is 8.01. The van der Waals surface area contributed by atoms with Gasteiger partial charge in [-0.3, -0.25) is 9.36 Å². The SMILES string of the molecule is CON(C(C)C)[P+](=S)Oc1ccccc1C(=O)OC(C)C. The number of benzene rings is 1. The van der Waals surface area contributed by atoms with Gasteiger partial charge in [-0.2, -0.15) is 0 Å². The second-order valence-electron chi connectivity index (χ2n) is 4.86. The van der Waals surface area contributed by atoms with Gasteiger partial charge in [0.05, 0.1) is 19.3 Å². The summed E-state index contributed by atoms with van der Waals surface area (Å²) in [5, 5.41) is 0. The first kappa shape index (κ1) is 18.0. The van der Waals surface area contributed by atoms with Gasteiger partial charge in [-0.15, -0.1) is 0 Å². The molecule has 0 radical (unpaired) electrons.